The molecule has 0 amide bonds. The van der Waals surface area contributed by atoms with Gasteiger partial charge in [-0.3, -0.25) is 0 Å². The molecule has 3 heteroatoms. The van der Waals surface area contributed by atoms with Crippen LogP contribution in [0.3, 0.4) is 0 Å². The van der Waals surface area contributed by atoms with E-state index in [-0.39, 0.29) is 0 Å². The molecule has 1 radical (unpaired) electrons. The average Bonchev–Trinajstić information content (AvgIpc) is 2.80. The zero-order valence-corrected chi connectivity index (χ0v) is 11.0. The number of sulfone groups is 1. The summed E-state index contributed by atoms with van der Waals surface area (Å²) in [6, 6.07) is 7.20. The molecule has 1 fully saturated rings. The number of rotatable bonds is 3. The van der Waals surface area contributed by atoms with Crippen LogP contribution in [0.1, 0.15) is 37.2 Å². The Morgan fingerprint density at radius 1 is 1.18 bits per heavy atom. The van der Waals surface area contributed by atoms with Crippen molar-refractivity contribution in [1.29, 1.82) is 0 Å². The molecule has 0 heterocycles. The predicted molar refractivity (Wildman–Crippen MR) is 69.6 cm³/mol. The molecule has 0 spiro atoms. The summed E-state index contributed by atoms with van der Waals surface area (Å²) < 4.78 is 22.7. The standard InChI is InChI=1S/C14H19O2S/c1-11(12-5-3-4-6-12)13-7-9-14(10-8-13)17(2,15)16/h7-12H,1,3-6H2,2H3. The van der Waals surface area contributed by atoms with Gasteiger partial charge < -0.3 is 0 Å². The van der Waals surface area contributed by atoms with E-state index in [0.717, 1.165) is 5.56 Å². The highest BCUT2D eigenvalue weighted by atomic mass is 32.2. The minimum atomic E-state index is -3.08. The van der Waals surface area contributed by atoms with E-state index in [1.807, 2.05) is 12.1 Å². The van der Waals surface area contributed by atoms with Gasteiger partial charge in [-0.05, 0) is 49.3 Å². The van der Waals surface area contributed by atoms with Gasteiger partial charge in [-0.2, -0.15) is 0 Å². The van der Waals surface area contributed by atoms with Crippen molar-refractivity contribution < 1.29 is 8.42 Å². The van der Waals surface area contributed by atoms with Crippen LogP contribution >= 0.6 is 0 Å². The van der Waals surface area contributed by atoms with Crippen molar-refractivity contribution in [3.05, 3.63) is 36.8 Å². The number of hydrogen-bond donors (Lipinski definition) is 0. The third-order valence-electron chi connectivity index (χ3n) is 3.71. The van der Waals surface area contributed by atoms with E-state index < -0.39 is 9.84 Å². The lowest BCUT2D eigenvalue weighted by Gasteiger charge is -2.19. The Hall–Kier alpha value is -0.830. The fourth-order valence-electron chi connectivity index (χ4n) is 2.59. The smallest absolute Gasteiger partial charge is 0.175 e. The summed E-state index contributed by atoms with van der Waals surface area (Å²) in [5.41, 5.74) is 1.16. The second kappa shape index (κ2) is 4.81. The van der Waals surface area contributed by atoms with Gasteiger partial charge in [-0.1, -0.05) is 25.0 Å². The first-order chi connectivity index (χ1) is 7.98. The molecule has 1 aliphatic carbocycles. The van der Waals surface area contributed by atoms with Crippen molar-refractivity contribution in [3.8, 4) is 0 Å². The van der Waals surface area contributed by atoms with E-state index >= 15 is 0 Å². The molecule has 1 atom stereocenters. The lowest BCUT2D eigenvalue weighted by molar-refractivity contribution is 0.491. The van der Waals surface area contributed by atoms with E-state index in [1.54, 1.807) is 12.1 Å². The first-order valence-corrected chi connectivity index (χ1v) is 8.01. The topological polar surface area (TPSA) is 34.1 Å². The van der Waals surface area contributed by atoms with Gasteiger partial charge in [0.1, 0.15) is 0 Å². The molecule has 0 N–H and O–H groups in total. The van der Waals surface area contributed by atoms with Gasteiger partial charge in [0.05, 0.1) is 4.90 Å². The van der Waals surface area contributed by atoms with E-state index in [0.29, 0.717) is 16.7 Å². The predicted octanol–water partition coefficient (Wildman–Crippen LogP) is 3.20. The molecule has 17 heavy (non-hydrogen) atoms. The zero-order chi connectivity index (χ0) is 12.5. The highest BCUT2D eigenvalue weighted by molar-refractivity contribution is 7.90. The summed E-state index contributed by atoms with van der Waals surface area (Å²) in [7, 11) is -3.08. The lowest BCUT2D eigenvalue weighted by atomic mass is 9.87. The van der Waals surface area contributed by atoms with Crippen LogP contribution in [0.4, 0.5) is 0 Å². The molecule has 1 aromatic carbocycles. The zero-order valence-electron chi connectivity index (χ0n) is 10.2. The Morgan fingerprint density at radius 3 is 2.18 bits per heavy atom. The molecule has 0 saturated heterocycles. The SMILES string of the molecule is [CH2]C(c1ccc(S(C)(=O)=O)cc1)C1CCCC1. The minimum Gasteiger partial charge on any atom is -0.224 e. The molecule has 0 aromatic heterocycles. The summed E-state index contributed by atoms with van der Waals surface area (Å²) in [5.74, 6) is 0.963. The van der Waals surface area contributed by atoms with Crippen molar-refractivity contribution in [3.63, 3.8) is 0 Å². The molecule has 1 aliphatic rings. The molecule has 1 aromatic rings. The highest BCUT2D eigenvalue weighted by Crippen LogP contribution is 2.36. The van der Waals surface area contributed by atoms with Crippen LogP contribution in [0, 0.1) is 12.8 Å². The van der Waals surface area contributed by atoms with Gasteiger partial charge in [0, 0.05) is 6.26 Å². The molecule has 2 rings (SSSR count). The van der Waals surface area contributed by atoms with Crippen molar-refractivity contribution in [2.75, 3.05) is 6.26 Å². The Balaban J connectivity index is 2.17. The largest absolute Gasteiger partial charge is 0.224 e. The fraction of sp³-hybridized carbons (Fsp3) is 0.500. The van der Waals surface area contributed by atoms with E-state index in [2.05, 4.69) is 6.92 Å². The summed E-state index contributed by atoms with van der Waals surface area (Å²) in [5, 5.41) is 0. The first-order valence-electron chi connectivity index (χ1n) is 6.11. The van der Waals surface area contributed by atoms with Gasteiger partial charge in [0.25, 0.3) is 0 Å². The van der Waals surface area contributed by atoms with Gasteiger partial charge in [0.15, 0.2) is 9.84 Å². The van der Waals surface area contributed by atoms with Crippen molar-refractivity contribution in [2.24, 2.45) is 5.92 Å². The van der Waals surface area contributed by atoms with Crippen molar-refractivity contribution in [2.45, 2.75) is 36.5 Å². The van der Waals surface area contributed by atoms with E-state index in [4.69, 9.17) is 0 Å². The van der Waals surface area contributed by atoms with Gasteiger partial charge in [-0.25, -0.2) is 8.42 Å². The molecular formula is C14H19O2S. The Morgan fingerprint density at radius 2 is 1.71 bits per heavy atom. The Labute approximate surface area is 104 Å². The van der Waals surface area contributed by atoms with Gasteiger partial charge >= 0.3 is 0 Å². The molecule has 0 aliphatic heterocycles. The first kappa shape index (κ1) is 12.6. The number of hydrogen-bond acceptors (Lipinski definition) is 2. The van der Waals surface area contributed by atoms with Crippen LogP contribution in [-0.4, -0.2) is 14.7 Å². The fourth-order valence-corrected chi connectivity index (χ4v) is 3.22. The Bertz CT molecular complexity index is 467. The summed E-state index contributed by atoms with van der Waals surface area (Å²) in [6.07, 6.45) is 6.35. The monoisotopic (exact) mass is 251 g/mol. The van der Waals surface area contributed by atoms with Crippen LogP contribution < -0.4 is 0 Å². The maximum Gasteiger partial charge on any atom is 0.175 e. The normalized spacial score (nSPS) is 19.4. The Kier molecular flexibility index (Phi) is 3.57. The maximum atomic E-state index is 11.4. The second-order valence-corrected chi connectivity index (χ2v) is 7.01. The van der Waals surface area contributed by atoms with Crippen LogP contribution in [0.2, 0.25) is 0 Å². The number of benzene rings is 1. The quantitative estimate of drug-likeness (QED) is 0.826. The van der Waals surface area contributed by atoms with Crippen LogP contribution in [-0.2, 0) is 9.84 Å². The van der Waals surface area contributed by atoms with Crippen molar-refractivity contribution >= 4 is 9.84 Å². The summed E-state index contributed by atoms with van der Waals surface area (Å²) in [6.45, 7) is 4.23. The molecule has 93 valence electrons. The third-order valence-corrected chi connectivity index (χ3v) is 4.83. The summed E-state index contributed by atoms with van der Waals surface area (Å²) >= 11 is 0. The minimum absolute atomic E-state index is 0.297. The highest BCUT2D eigenvalue weighted by Gasteiger charge is 2.22. The van der Waals surface area contributed by atoms with Crippen LogP contribution in [0.5, 0.6) is 0 Å². The lowest BCUT2D eigenvalue weighted by Crippen LogP contribution is -2.06. The van der Waals surface area contributed by atoms with E-state index in [1.165, 1.54) is 31.9 Å². The van der Waals surface area contributed by atoms with Crippen LogP contribution in [0.25, 0.3) is 0 Å². The second-order valence-electron chi connectivity index (χ2n) is 4.99. The van der Waals surface area contributed by atoms with E-state index in [9.17, 15) is 8.42 Å². The van der Waals surface area contributed by atoms with Gasteiger partial charge in [0.2, 0.25) is 0 Å². The molecule has 0 bridgehead atoms. The molecule has 1 unspecified atom stereocenters. The van der Waals surface area contributed by atoms with Gasteiger partial charge in [-0.15, -0.1) is 0 Å². The molecule has 2 nitrogen and oxygen atoms in total. The van der Waals surface area contributed by atoms with Crippen molar-refractivity contribution in [1.82, 2.24) is 0 Å². The molecule has 1 saturated carbocycles. The maximum absolute atomic E-state index is 11.4. The average molecular weight is 251 g/mol. The third kappa shape index (κ3) is 2.89. The summed E-state index contributed by atoms with van der Waals surface area (Å²) in [4.78, 5) is 0.389. The van der Waals surface area contributed by atoms with Crippen LogP contribution in [0.15, 0.2) is 29.2 Å². The molecular weight excluding hydrogens is 232 g/mol.